The summed E-state index contributed by atoms with van der Waals surface area (Å²) in [6.07, 6.45) is 24.2. The van der Waals surface area contributed by atoms with Gasteiger partial charge in [0, 0.05) is 28.4 Å². The number of fused-ring (bicyclic) bond motifs is 2. The quantitative estimate of drug-likeness (QED) is 0.188. The van der Waals surface area contributed by atoms with Crippen molar-refractivity contribution in [3.63, 3.8) is 0 Å². The number of aromatic nitrogens is 1. The third kappa shape index (κ3) is 5.59. The van der Waals surface area contributed by atoms with Gasteiger partial charge >= 0.3 is 0 Å². The molecule has 3 aromatic rings. The van der Waals surface area contributed by atoms with E-state index >= 15 is 0 Å². The first kappa shape index (κ1) is 22.7. The first-order valence-electron chi connectivity index (χ1n) is 11.7. The van der Waals surface area contributed by atoms with Crippen LogP contribution in [0.3, 0.4) is 0 Å². The zero-order valence-electron chi connectivity index (χ0n) is 18.8. The molecule has 0 saturated heterocycles. The lowest BCUT2D eigenvalue weighted by Crippen LogP contribution is -2.12. The van der Waals surface area contributed by atoms with Gasteiger partial charge in [-0.2, -0.15) is 0 Å². The Kier molecular flexibility index (Phi) is 8.37. The van der Waals surface area contributed by atoms with Crippen LogP contribution in [0.2, 0.25) is 0 Å². The molecule has 0 unspecified atom stereocenters. The van der Waals surface area contributed by atoms with Gasteiger partial charge < -0.3 is 4.57 Å². The van der Waals surface area contributed by atoms with E-state index in [0.29, 0.717) is 10.8 Å². The summed E-state index contributed by atoms with van der Waals surface area (Å²) in [6.45, 7) is 3.14. The maximum Gasteiger partial charge on any atom is 0.197 e. The highest BCUT2D eigenvalue weighted by atomic mass is 16.1. The van der Waals surface area contributed by atoms with Crippen molar-refractivity contribution in [2.24, 2.45) is 0 Å². The first-order chi connectivity index (χ1) is 15.2. The lowest BCUT2D eigenvalue weighted by Gasteiger charge is -2.16. The lowest BCUT2D eigenvalue weighted by atomic mass is 10.0. The Morgan fingerprint density at radius 1 is 0.710 bits per heavy atom. The van der Waals surface area contributed by atoms with Gasteiger partial charge in [-0.3, -0.25) is 4.79 Å². The third-order valence-corrected chi connectivity index (χ3v) is 6.13. The molecule has 0 saturated carbocycles. The van der Waals surface area contributed by atoms with Crippen LogP contribution in [0.4, 0.5) is 0 Å². The Balaban J connectivity index is 1.74. The van der Waals surface area contributed by atoms with Gasteiger partial charge in [0.2, 0.25) is 0 Å². The topological polar surface area (TPSA) is 22.0 Å². The van der Waals surface area contributed by atoms with Gasteiger partial charge in [-0.1, -0.05) is 76.6 Å². The number of benzene rings is 2. The number of terminal acetylenes is 2. The molecule has 0 aliphatic rings. The molecule has 0 bridgehead atoms. The van der Waals surface area contributed by atoms with E-state index in [9.17, 15) is 4.79 Å². The third-order valence-electron chi connectivity index (χ3n) is 6.13. The van der Waals surface area contributed by atoms with E-state index in [-0.39, 0.29) is 5.43 Å². The number of hydrogen-bond donors (Lipinski definition) is 0. The lowest BCUT2D eigenvalue weighted by molar-refractivity contribution is 0.541. The van der Waals surface area contributed by atoms with Crippen LogP contribution in [-0.4, -0.2) is 4.57 Å². The van der Waals surface area contributed by atoms with Crippen molar-refractivity contribution < 1.29 is 0 Å². The Morgan fingerprint density at radius 3 is 1.61 bits per heavy atom. The van der Waals surface area contributed by atoms with Gasteiger partial charge in [-0.05, 0) is 42.8 Å². The van der Waals surface area contributed by atoms with E-state index in [2.05, 4.69) is 23.3 Å². The molecular weight excluding hydrogens is 378 g/mol. The number of hydrogen-bond acceptors (Lipinski definition) is 1. The van der Waals surface area contributed by atoms with Crippen molar-refractivity contribution in [2.75, 3.05) is 0 Å². The van der Waals surface area contributed by atoms with Crippen LogP contribution in [0.15, 0.2) is 41.2 Å². The maximum absolute atomic E-state index is 13.2. The molecule has 0 aliphatic heterocycles. The molecule has 0 aliphatic carbocycles. The number of pyridine rings is 1. The Bertz CT molecular complexity index is 1090. The molecular formula is C29H33NO. The average molecular weight is 412 g/mol. The van der Waals surface area contributed by atoms with E-state index in [1.807, 2.05) is 36.4 Å². The van der Waals surface area contributed by atoms with Crippen LogP contribution in [0, 0.1) is 24.7 Å². The molecule has 0 atom stereocenters. The maximum atomic E-state index is 13.2. The minimum atomic E-state index is -0.00137. The smallest absolute Gasteiger partial charge is 0.197 e. The molecule has 0 spiro atoms. The fraction of sp³-hybridized carbons (Fsp3) is 0.414. The van der Waals surface area contributed by atoms with E-state index in [0.717, 1.165) is 35.1 Å². The van der Waals surface area contributed by atoms with E-state index in [1.54, 1.807) is 0 Å². The van der Waals surface area contributed by atoms with Gasteiger partial charge in [-0.15, -0.1) is 12.8 Å². The summed E-state index contributed by atoms with van der Waals surface area (Å²) in [5, 5.41) is 1.34. The molecule has 1 heterocycles. The summed E-state index contributed by atoms with van der Waals surface area (Å²) in [4.78, 5) is 13.2. The predicted molar refractivity (Wildman–Crippen MR) is 133 cm³/mol. The molecule has 2 aromatic carbocycles. The first-order valence-corrected chi connectivity index (χ1v) is 11.7. The van der Waals surface area contributed by atoms with Gasteiger partial charge in [-0.25, -0.2) is 0 Å². The van der Waals surface area contributed by atoms with Crippen molar-refractivity contribution in [1.29, 1.82) is 0 Å². The van der Waals surface area contributed by atoms with Crippen LogP contribution >= 0.6 is 0 Å². The summed E-state index contributed by atoms with van der Waals surface area (Å²) in [5.41, 5.74) is 3.34. The minimum Gasteiger partial charge on any atom is -0.340 e. The van der Waals surface area contributed by atoms with Crippen molar-refractivity contribution in [2.45, 2.75) is 77.7 Å². The fourth-order valence-electron chi connectivity index (χ4n) is 4.36. The summed E-state index contributed by atoms with van der Waals surface area (Å²) >= 11 is 0. The summed E-state index contributed by atoms with van der Waals surface area (Å²) < 4.78 is 2.26. The summed E-state index contributed by atoms with van der Waals surface area (Å²) in [6, 6.07) is 11.5. The highest BCUT2D eigenvalue weighted by molar-refractivity contribution is 5.94. The molecule has 31 heavy (non-hydrogen) atoms. The molecule has 2 nitrogen and oxygen atoms in total. The monoisotopic (exact) mass is 411 g/mol. The van der Waals surface area contributed by atoms with Crippen LogP contribution in [-0.2, 0) is 6.54 Å². The van der Waals surface area contributed by atoms with Crippen molar-refractivity contribution in [1.82, 2.24) is 4.57 Å². The molecule has 2 heteroatoms. The van der Waals surface area contributed by atoms with Crippen LogP contribution in [0.25, 0.3) is 21.8 Å². The van der Waals surface area contributed by atoms with E-state index in [4.69, 9.17) is 12.8 Å². The standard InChI is InChI=1S/C29H33NO/c1-4-7-8-9-10-11-12-13-14-15-20-30-27-18-16-23(5-2)21-25(27)29(31)26-22-24(6-3)17-19-28(26)30/h2-3,16-19,21-22H,4,7-15,20H2,1H3. The van der Waals surface area contributed by atoms with Gasteiger partial charge in [0.05, 0.1) is 11.0 Å². The normalized spacial score (nSPS) is 10.9. The zero-order chi connectivity index (χ0) is 22.1. The second-order valence-corrected chi connectivity index (χ2v) is 8.42. The molecule has 0 fully saturated rings. The predicted octanol–water partition coefficient (Wildman–Crippen LogP) is 7.04. The minimum absolute atomic E-state index is 0.00137. The van der Waals surface area contributed by atoms with E-state index < -0.39 is 0 Å². The van der Waals surface area contributed by atoms with Crippen molar-refractivity contribution in [3.05, 3.63) is 57.7 Å². The second kappa shape index (κ2) is 11.4. The SMILES string of the molecule is C#Cc1ccc2c(c1)c(=O)c1cc(C#C)ccc1n2CCCCCCCCCCCC. The van der Waals surface area contributed by atoms with Crippen molar-refractivity contribution >= 4 is 21.8 Å². The number of rotatable bonds is 11. The number of aryl methyl sites for hydroxylation is 1. The summed E-state index contributed by atoms with van der Waals surface area (Å²) in [5.74, 6) is 5.29. The van der Waals surface area contributed by atoms with Crippen LogP contribution in [0.5, 0.6) is 0 Å². The number of nitrogens with zero attached hydrogens (tertiary/aromatic N) is 1. The average Bonchev–Trinajstić information content (AvgIpc) is 2.81. The van der Waals surface area contributed by atoms with E-state index in [1.165, 1.54) is 57.8 Å². The molecule has 3 rings (SSSR count). The highest BCUT2D eigenvalue weighted by Gasteiger charge is 2.12. The summed E-state index contributed by atoms with van der Waals surface area (Å²) in [7, 11) is 0. The van der Waals surface area contributed by atoms with Gasteiger partial charge in [0.25, 0.3) is 0 Å². The molecule has 0 radical (unpaired) electrons. The van der Waals surface area contributed by atoms with Crippen molar-refractivity contribution in [3.8, 4) is 24.7 Å². The number of unbranched alkanes of at least 4 members (excludes halogenated alkanes) is 9. The largest absolute Gasteiger partial charge is 0.340 e. The Morgan fingerprint density at radius 2 is 1.16 bits per heavy atom. The Labute approximate surface area is 186 Å². The zero-order valence-corrected chi connectivity index (χ0v) is 18.8. The molecule has 0 amide bonds. The van der Waals surface area contributed by atoms with Crippen LogP contribution < -0.4 is 5.43 Å². The van der Waals surface area contributed by atoms with Gasteiger partial charge in [0.1, 0.15) is 0 Å². The fourth-order valence-corrected chi connectivity index (χ4v) is 4.36. The molecule has 1 aromatic heterocycles. The van der Waals surface area contributed by atoms with Crippen LogP contribution in [0.1, 0.15) is 82.3 Å². The molecule has 0 N–H and O–H groups in total. The second-order valence-electron chi connectivity index (χ2n) is 8.42. The van der Waals surface area contributed by atoms with Gasteiger partial charge in [0.15, 0.2) is 5.43 Å². The molecule has 160 valence electrons. The highest BCUT2D eigenvalue weighted by Crippen LogP contribution is 2.22. The Hall–Kier alpha value is -2.97.